The molecule has 6 heteroatoms. The number of hydrogen-bond acceptors (Lipinski definition) is 4. The highest BCUT2D eigenvalue weighted by molar-refractivity contribution is 7.15. The average molecular weight is 252 g/mol. The van der Waals surface area contributed by atoms with Crippen molar-refractivity contribution in [2.75, 3.05) is 13.6 Å². The quantitative estimate of drug-likeness (QED) is 0.883. The Balaban J connectivity index is 2.75. The zero-order valence-corrected chi connectivity index (χ0v) is 10.3. The largest absolute Gasteiger partial charge is 0.477 e. The number of amides is 1. The van der Waals surface area contributed by atoms with Gasteiger partial charge in [0.1, 0.15) is 4.88 Å². The van der Waals surface area contributed by atoms with Gasteiger partial charge in [-0.2, -0.15) is 5.26 Å². The van der Waals surface area contributed by atoms with Crippen molar-refractivity contribution in [1.29, 1.82) is 5.26 Å². The Morgan fingerprint density at radius 3 is 2.59 bits per heavy atom. The molecule has 1 atom stereocenters. The molecule has 0 aliphatic rings. The molecule has 1 unspecified atom stereocenters. The molecule has 1 N–H and O–H groups in total. The van der Waals surface area contributed by atoms with E-state index in [0.717, 1.165) is 11.3 Å². The second-order valence-electron chi connectivity index (χ2n) is 3.68. The summed E-state index contributed by atoms with van der Waals surface area (Å²) in [6.07, 6.45) is 0. The molecule has 17 heavy (non-hydrogen) atoms. The molecule has 5 nitrogen and oxygen atoms in total. The molecule has 1 aromatic rings. The minimum atomic E-state index is -1.04. The van der Waals surface area contributed by atoms with Crippen LogP contribution in [0.15, 0.2) is 12.1 Å². The molecule has 0 spiro atoms. The predicted octanol–water partition coefficient (Wildman–Crippen LogP) is 1.68. The maximum Gasteiger partial charge on any atom is 0.345 e. The van der Waals surface area contributed by atoms with Gasteiger partial charge in [-0.25, -0.2) is 4.79 Å². The molecule has 1 rings (SSSR count). The van der Waals surface area contributed by atoms with E-state index in [9.17, 15) is 9.59 Å². The van der Waals surface area contributed by atoms with Crippen LogP contribution in [0.25, 0.3) is 0 Å². The molecule has 0 radical (unpaired) electrons. The van der Waals surface area contributed by atoms with Crippen LogP contribution in [0.3, 0.4) is 0 Å². The minimum Gasteiger partial charge on any atom is -0.477 e. The number of aromatic carboxylic acids is 1. The maximum absolute atomic E-state index is 11.9. The lowest BCUT2D eigenvalue weighted by molar-refractivity contribution is 0.0701. The van der Waals surface area contributed by atoms with Crippen LogP contribution in [-0.2, 0) is 0 Å². The second kappa shape index (κ2) is 5.46. The summed E-state index contributed by atoms with van der Waals surface area (Å²) in [7, 11) is 1.59. The van der Waals surface area contributed by atoms with E-state index in [-0.39, 0.29) is 16.7 Å². The van der Waals surface area contributed by atoms with E-state index < -0.39 is 5.97 Å². The molecule has 0 aromatic carbocycles. The van der Waals surface area contributed by atoms with E-state index in [1.54, 1.807) is 14.0 Å². The average Bonchev–Trinajstić information content (AvgIpc) is 2.77. The third kappa shape index (κ3) is 3.29. The number of nitrogens with zero attached hydrogens (tertiary/aromatic N) is 2. The number of nitriles is 1. The van der Waals surface area contributed by atoms with E-state index >= 15 is 0 Å². The lowest BCUT2D eigenvalue weighted by atomic mass is 10.2. The number of thiophene rings is 1. The van der Waals surface area contributed by atoms with Crippen molar-refractivity contribution in [2.45, 2.75) is 6.92 Å². The van der Waals surface area contributed by atoms with Gasteiger partial charge in [0, 0.05) is 13.6 Å². The van der Waals surface area contributed by atoms with Crippen molar-refractivity contribution >= 4 is 23.2 Å². The molecule has 0 aliphatic heterocycles. The fourth-order valence-electron chi connectivity index (χ4n) is 1.29. The Labute approximate surface area is 103 Å². The summed E-state index contributed by atoms with van der Waals surface area (Å²) in [5.74, 6) is -1.55. The highest BCUT2D eigenvalue weighted by Gasteiger charge is 2.17. The van der Waals surface area contributed by atoms with Gasteiger partial charge in [-0.15, -0.1) is 11.3 Å². The topological polar surface area (TPSA) is 81.4 Å². The molecule has 0 saturated heterocycles. The molecule has 1 aromatic heterocycles. The van der Waals surface area contributed by atoms with Crippen LogP contribution in [0, 0.1) is 17.2 Å². The van der Waals surface area contributed by atoms with E-state index in [1.807, 2.05) is 6.07 Å². The fraction of sp³-hybridized carbons (Fsp3) is 0.364. The number of carbonyl (C=O) groups is 2. The Bertz CT molecular complexity index is 475. The molecule has 1 heterocycles. The van der Waals surface area contributed by atoms with Crippen molar-refractivity contribution in [2.24, 2.45) is 5.92 Å². The molecule has 0 aliphatic carbocycles. The number of carboxylic acids is 1. The molecule has 1 amide bonds. The summed E-state index contributed by atoms with van der Waals surface area (Å²) in [5, 5.41) is 17.4. The first kappa shape index (κ1) is 13.2. The van der Waals surface area contributed by atoms with Crippen LogP contribution in [0.4, 0.5) is 0 Å². The van der Waals surface area contributed by atoms with Crippen LogP contribution in [-0.4, -0.2) is 35.5 Å². The summed E-state index contributed by atoms with van der Waals surface area (Å²) in [5.41, 5.74) is 0. The third-order valence-corrected chi connectivity index (χ3v) is 3.20. The standard InChI is InChI=1S/C11H12N2O3S/c1-7(5-12)6-13(2)10(14)8-3-4-9(17-8)11(15)16/h3-4,7H,6H2,1-2H3,(H,15,16). The maximum atomic E-state index is 11.9. The Morgan fingerprint density at radius 2 is 2.12 bits per heavy atom. The van der Waals surface area contributed by atoms with Crippen LogP contribution in [0.2, 0.25) is 0 Å². The van der Waals surface area contributed by atoms with Crippen LogP contribution in [0.1, 0.15) is 26.3 Å². The van der Waals surface area contributed by atoms with Gasteiger partial charge in [0.2, 0.25) is 0 Å². The minimum absolute atomic E-state index is 0.134. The summed E-state index contributed by atoms with van der Waals surface area (Å²) in [6.45, 7) is 2.05. The summed E-state index contributed by atoms with van der Waals surface area (Å²) >= 11 is 0.938. The van der Waals surface area contributed by atoms with Crippen LogP contribution >= 0.6 is 11.3 Å². The SMILES string of the molecule is CC(C#N)CN(C)C(=O)c1ccc(C(=O)O)s1. The Morgan fingerprint density at radius 1 is 1.53 bits per heavy atom. The molecule has 0 bridgehead atoms. The van der Waals surface area contributed by atoms with Crippen molar-refractivity contribution in [3.63, 3.8) is 0 Å². The summed E-state index contributed by atoms with van der Waals surface area (Å²) in [4.78, 5) is 24.5. The predicted molar refractivity (Wildman–Crippen MR) is 63.0 cm³/mol. The zero-order chi connectivity index (χ0) is 13.0. The highest BCUT2D eigenvalue weighted by atomic mass is 32.1. The van der Waals surface area contributed by atoms with Crippen molar-refractivity contribution in [3.05, 3.63) is 21.9 Å². The van der Waals surface area contributed by atoms with Gasteiger partial charge < -0.3 is 10.0 Å². The first-order chi connectivity index (χ1) is 7.95. The highest BCUT2D eigenvalue weighted by Crippen LogP contribution is 2.18. The Hall–Kier alpha value is -1.87. The van der Waals surface area contributed by atoms with Gasteiger partial charge >= 0.3 is 5.97 Å². The van der Waals surface area contributed by atoms with Gasteiger partial charge in [0.15, 0.2) is 0 Å². The van der Waals surface area contributed by atoms with Crippen molar-refractivity contribution in [3.8, 4) is 6.07 Å². The van der Waals surface area contributed by atoms with Gasteiger partial charge in [-0.05, 0) is 19.1 Å². The van der Waals surface area contributed by atoms with Gasteiger partial charge in [-0.3, -0.25) is 4.79 Å². The van der Waals surface area contributed by atoms with E-state index in [2.05, 4.69) is 0 Å². The summed E-state index contributed by atoms with van der Waals surface area (Å²) in [6, 6.07) is 4.94. The smallest absolute Gasteiger partial charge is 0.345 e. The molecule has 0 fully saturated rings. The third-order valence-electron chi connectivity index (χ3n) is 2.14. The molecule has 0 saturated carbocycles. The van der Waals surface area contributed by atoms with Crippen molar-refractivity contribution in [1.82, 2.24) is 4.90 Å². The van der Waals surface area contributed by atoms with Gasteiger partial charge in [0.05, 0.1) is 16.9 Å². The van der Waals surface area contributed by atoms with Crippen LogP contribution in [0.5, 0.6) is 0 Å². The monoisotopic (exact) mass is 252 g/mol. The summed E-state index contributed by atoms with van der Waals surface area (Å²) < 4.78 is 0. The van der Waals surface area contributed by atoms with E-state index in [0.29, 0.717) is 11.4 Å². The molecular weight excluding hydrogens is 240 g/mol. The van der Waals surface area contributed by atoms with Crippen molar-refractivity contribution < 1.29 is 14.7 Å². The lowest BCUT2D eigenvalue weighted by Crippen LogP contribution is -2.30. The lowest BCUT2D eigenvalue weighted by Gasteiger charge is -2.17. The number of hydrogen-bond donors (Lipinski definition) is 1. The number of rotatable bonds is 4. The van der Waals surface area contributed by atoms with E-state index in [4.69, 9.17) is 10.4 Å². The van der Waals surface area contributed by atoms with Crippen LogP contribution < -0.4 is 0 Å². The molecule has 90 valence electrons. The first-order valence-electron chi connectivity index (χ1n) is 4.94. The number of carbonyl (C=O) groups excluding carboxylic acids is 1. The van der Waals surface area contributed by atoms with Gasteiger partial charge in [0.25, 0.3) is 5.91 Å². The fourth-order valence-corrected chi connectivity index (χ4v) is 2.13. The van der Waals surface area contributed by atoms with Gasteiger partial charge in [-0.1, -0.05) is 0 Å². The van der Waals surface area contributed by atoms with E-state index in [1.165, 1.54) is 17.0 Å². The molecular formula is C11H12N2O3S. The zero-order valence-electron chi connectivity index (χ0n) is 9.51. The Kier molecular flexibility index (Phi) is 4.24. The number of carboxylic acid groups (broad SMARTS) is 1. The second-order valence-corrected chi connectivity index (χ2v) is 4.77. The first-order valence-corrected chi connectivity index (χ1v) is 5.75. The normalized spacial score (nSPS) is 11.6.